The lowest BCUT2D eigenvalue weighted by Crippen LogP contribution is -2.45. The van der Waals surface area contributed by atoms with Gasteiger partial charge in [-0.15, -0.1) is 0 Å². The number of aliphatic hydroxyl groups excluding tert-OH is 1. The van der Waals surface area contributed by atoms with Crippen molar-refractivity contribution in [3.63, 3.8) is 0 Å². The van der Waals surface area contributed by atoms with Crippen LogP contribution in [-0.2, 0) is 9.59 Å². The molecule has 0 aromatic heterocycles. The minimum atomic E-state index is -1.28. The van der Waals surface area contributed by atoms with Gasteiger partial charge in [-0.1, -0.05) is 0 Å². The van der Waals surface area contributed by atoms with Gasteiger partial charge in [0.15, 0.2) is 0 Å². The summed E-state index contributed by atoms with van der Waals surface area (Å²) in [4.78, 5) is 20.6. The molecule has 0 saturated carbocycles. The molecule has 12 heavy (non-hydrogen) atoms. The average Bonchev–Trinajstić information content (AvgIpc) is 1.99. The molecule has 0 radical (unpaired) electrons. The lowest BCUT2D eigenvalue weighted by atomic mass is 10.3. The molecule has 72 valence electrons. The molecule has 0 aromatic rings. The molecule has 0 saturated heterocycles. The number of carboxylic acid groups (broad SMARTS) is 1. The Morgan fingerprint density at radius 1 is 1.50 bits per heavy atom. The summed E-state index contributed by atoms with van der Waals surface area (Å²) >= 11 is 0. The highest BCUT2D eigenvalue weighted by Gasteiger charge is 2.17. The van der Waals surface area contributed by atoms with E-state index in [1.54, 1.807) is 0 Å². The first-order valence-corrected chi connectivity index (χ1v) is 2.95. The summed E-state index contributed by atoms with van der Waals surface area (Å²) in [6.07, 6.45) is 0. The van der Waals surface area contributed by atoms with Crippen molar-refractivity contribution in [3.05, 3.63) is 0 Å². The zero-order valence-electron chi connectivity index (χ0n) is 6.28. The van der Waals surface area contributed by atoms with Gasteiger partial charge in [-0.05, 0) is 0 Å². The van der Waals surface area contributed by atoms with Crippen molar-refractivity contribution in [2.45, 2.75) is 6.04 Å². The topological polar surface area (TPSA) is 144 Å². The summed E-state index contributed by atoms with van der Waals surface area (Å²) < 4.78 is 0. The van der Waals surface area contributed by atoms with E-state index in [0.29, 0.717) is 0 Å². The zero-order valence-corrected chi connectivity index (χ0v) is 6.28. The summed E-state index contributed by atoms with van der Waals surface area (Å²) in [6.45, 7) is -0.926. The number of carbonyl (C=O) groups excluding carboxylic acids is 1. The largest absolute Gasteiger partial charge is 0.480 e. The normalized spacial score (nSPS) is 11.2. The highest BCUT2D eigenvalue weighted by molar-refractivity contribution is 5.84. The molecule has 7 heteroatoms. The average molecular weight is 180 g/mol. The molecule has 0 unspecified atom stereocenters. The van der Waals surface area contributed by atoms with Crippen molar-refractivity contribution in [1.82, 2.24) is 5.32 Å². The minimum Gasteiger partial charge on any atom is -0.480 e. The Hall–Kier alpha value is -1.18. The van der Waals surface area contributed by atoms with Gasteiger partial charge in [0.05, 0.1) is 13.2 Å². The van der Waals surface area contributed by atoms with Crippen LogP contribution in [0.25, 0.3) is 0 Å². The number of aliphatic hydroxyl groups is 1. The highest BCUT2D eigenvalue weighted by Crippen LogP contribution is 1.80. The van der Waals surface area contributed by atoms with Crippen LogP contribution in [-0.4, -0.2) is 46.8 Å². The maximum absolute atomic E-state index is 10.5. The predicted molar refractivity (Wildman–Crippen MR) is 39.3 cm³/mol. The van der Waals surface area contributed by atoms with Crippen molar-refractivity contribution in [3.8, 4) is 0 Å². The first-order valence-electron chi connectivity index (χ1n) is 2.95. The second-order valence-corrected chi connectivity index (χ2v) is 1.85. The molecule has 0 heterocycles. The molecule has 0 bridgehead atoms. The van der Waals surface area contributed by atoms with Crippen LogP contribution in [0.15, 0.2) is 0 Å². The Labute approximate surface area is 68.5 Å². The maximum atomic E-state index is 10.5. The van der Waals surface area contributed by atoms with E-state index >= 15 is 0 Å². The number of hydrogen-bond acceptors (Lipinski definition) is 4. The van der Waals surface area contributed by atoms with Gasteiger partial charge in [0, 0.05) is 0 Å². The van der Waals surface area contributed by atoms with Crippen molar-refractivity contribution in [1.29, 1.82) is 0 Å². The molecule has 0 aliphatic heterocycles. The second-order valence-electron chi connectivity index (χ2n) is 1.85. The van der Waals surface area contributed by atoms with Gasteiger partial charge < -0.3 is 26.7 Å². The smallest absolute Gasteiger partial charge is 0.328 e. The van der Waals surface area contributed by atoms with Gasteiger partial charge in [-0.25, -0.2) is 4.79 Å². The van der Waals surface area contributed by atoms with Crippen LogP contribution < -0.4 is 11.1 Å². The molecule has 7 nitrogen and oxygen atoms in total. The second kappa shape index (κ2) is 6.53. The summed E-state index contributed by atoms with van der Waals surface area (Å²) in [5, 5.41) is 18.7. The number of amides is 1. The number of aliphatic carboxylic acids is 1. The first kappa shape index (κ1) is 13.4. The van der Waals surface area contributed by atoms with E-state index in [0.717, 1.165) is 0 Å². The Kier molecular flexibility index (Phi) is 7.29. The molecular weight excluding hydrogens is 168 g/mol. The first-order chi connectivity index (χ1) is 5.11. The zero-order chi connectivity index (χ0) is 8.85. The van der Waals surface area contributed by atoms with Crippen LogP contribution in [0.3, 0.4) is 0 Å². The minimum absolute atomic E-state index is 0. The number of carbonyl (C=O) groups is 2. The molecule has 0 aliphatic carbocycles. The molecule has 0 rings (SSSR count). The van der Waals surface area contributed by atoms with Gasteiger partial charge in [0.25, 0.3) is 0 Å². The van der Waals surface area contributed by atoms with Gasteiger partial charge >= 0.3 is 5.97 Å². The monoisotopic (exact) mass is 180 g/mol. The molecule has 1 atom stereocenters. The molecular formula is C5H12N2O5. The van der Waals surface area contributed by atoms with Crippen LogP contribution in [0, 0.1) is 0 Å². The van der Waals surface area contributed by atoms with E-state index in [1.165, 1.54) is 0 Å². The van der Waals surface area contributed by atoms with E-state index in [4.69, 9.17) is 15.9 Å². The van der Waals surface area contributed by atoms with E-state index in [2.05, 4.69) is 0 Å². The van der Waals surface area contributed by atoms with Crippen LogP contribution in [0.4, 0.5) is 0 Å². The summed E-state index contributed by atoms with van der Waals surface area (Å²) in [5.74, 6) is -1.89. The van der Waals surface area contributed by atoms with E-state index in [1.807, 2.05) is 5.32 Å². The fourth-order valence-corrected chi connectivity index (χ4v) is 0.439. The number of nitrogens with one attached hydrogen (secondary N) is 1. The number of hydrogen-bond donors (Lipinski definition) is 4. The maximum Gasteiger partial charge on any atom is 0.328 e. The quantitative estimate of drug-likeness (QED) is 0.358. The molecule has 0 aromatic carbocycles. The lowest BCUT2D eigenvalue weighted by Gasteiger charge is -2.09. The van der Waals surface area contributed by atoms with Gasteiger partial charge in [0.1, 0.15) is 6.04 Å². The summed E-state index contributed by atoms with van der Waals surface area (Å²) in [7, 11) is 0. The molecule has 0 fully saturated rings. The third kappa shape index (κ3) is 4.61. The summed E-state index contributed by atoms with van der Waals surface area (Å²) in [6, 6.07) is -1.26. The standard InChI is InChI=1S/C5H10N2O4.H2O/c6-1-4(9)7-3(2-8)5(10)11;/h3,8H,1-2,6H2,(H,7,9)(H,10,11);1H2/t3-;/m0./s1. The van der Waals surface area contributed by atoms with Crippen molar-refractivity contribution in [2.24, 2.45) is 5.73 Å². The molecule has 0 aliphatic rings. The Balaban J connectivity index is 0. The van der Waals surface area contributed by atoms with Gasteiger partial charge in [-0.2, -0.15) is 0 Å². The predicted octanol–water partition coefficient (Wildman–Crippen LogP) is -3.32. The van der Waals surface area contributed by atoms with Crippen molar-refractivity contribution < 1.29 is 25.3 Å². The Bertz CT molecular complexity index is 160. The van der Waals surface area contributed by atoms with Crippen LogP contribution in [0.1, 0.15) is 0 Å². The fourth-order valence-electron chi connectivity index (χ4n) is 0.439. The van der Waals surface area contributed by atoms with E-state index < -0.39 is 24.5 Å². The van der Waals surface area contributed by atoms with Crippen LogP contribution >= 0.6 is 0 Å². The third-order valence-electron chi connectivity index (χ3n) is 1.00. The highest BCUT2D eigenvalue weighted by atomic mass is 16.4. The Morgan fingerprint density at radius 2 is 2.00 bits per heavy atom. The van der Waals surface area contributed by atoms with Gasteiger partial charge in [0.2, 0.25) is 5.91 Å². The lowest BCUT2D eigenvalue weighted by molar-refractivity contribution is -0.142. The summed E-state index contributed by atoms with van der Waals surface area (Å²) in [5.41, 5.74) is 4.89. The van der Waals surface area contributed by atoms with Gasteiger partial charge in [-0.3, -0.25) is 4.79 Å². The van der Waals surface area contributed by atoms with E-state index in [-0.39, 0.29) is 12.0 Å². The number of rotatable bonds is 4. The van der Waals surface area contributed by atoms with Crippen LogP contribution in [0.5, 0.6) is 0 Å². The third-order valence-corrected chi connectivity index (χ3v) is 1.00. The molecule has 7 N–H and O–H groups in total. The number of nitrogens with two attached hydrogens (primary N) is 1. The molecule has 0 spiro atoms. The Morgan fingerprint density at radius 3 is 2.25 bits per heavy atom. The fraction of sp³-hybridized carbons (Fsp3) is 0.600. The molecule has 1 amide bonds. The van der Waals surface area contributed by atoms with Crippen LogP contribution in [0.2, 0.25) is 0 Å². The van der Waals surface area contributed by atoms with Crippen molar-refractivity contribution >= 4 is 11.9 Å². The SMILES string of the molecule is NCC(=O)N[C@@H](CO)C(=O)O.O. The van der Waals surface area contributed by atoms with E-state index in [9.17, 15) is 9.59 Å². The van der Waals surface area contributed by atoms with Crippen molar-refractivity contribution in [2.75, 3.05) is 13.2 Å². The number of carboxylic acids is 1.